The quantitative estimate of drug-likeness (QED) is 0.920. The molecule has 0 radical (unpaired) electrons. The molecule has 0 saturated heterocycles. The molecule has 0 bridgehead atoms. The minimum atomic E-state index is -4.43. The van der Waals surface area contributed by atoms with Crippen LogP contribution in [0.4, 0.5) is 13.2 Å². The van der Waals surface area contributed by atoms with Crippen molar-refractivity contribution in [2.45, 2.75) is 25.7 Å². The highest BCUT2D eigenvalue weighted by molar-refractivity contribution is 5.31. The van der Waals surface area contributed by atoms with Crippen LogP contribution in [-0.4, -0.2) is 32.7 Å². The Morgan fingerprint density at radius 2 is 2.05 bits per heavy atom. The second-order valence-corrected chi connectivity index (χ2v) is 4.48. The number of aromatic nitrogens is 3. The van der Waals surface area contributed by atoms with Crippen LogP contribution in [-0.2, 0) is 6.54 Å². The Kier molecular flexibility index (Phi) is 4.46. The number of ether oxygens (including phenoxy) is 1. The Balaban J connectivity index is 2.03. The summed E-state index contributed by atoms with van der Waals surface area (Å²) in [6.07, 6.45) is -4.76. The summed E-state index contributed by atoms with van der Waals surface area (Å²) in [4.78, 5) is 3.66. The van der Waals surface area contributed by atoms with Gasteiger partial charge in [-0.2, -0.15) is 18.3 Å². The number of alkyl halides is 3. The smallest absolute Gasteiger partial charge is 0.408 e. The molecular weight excluding hydrogens is 287 g/mol. The molecule has 1 heterocycles. The normalized spacial score (nSPS) is 13.2. The van der Waals surface area contributed by atoms with E-state index >= 15 is 0 Å². The lowest BCUT2D eigenvalue weighted by Crippen LogP contribution is -2.23. The van der Waals surface area contributed by atoms with Crippen LogP contribution >= 0.6 is 0 Å². The van der Waals surface area contributed by atoms with Gasteiger partial charge in [0.2, 0.25) is 0 Å². The number of aliphatic hydroxyl groups excluding tert-OH is 1. The van der Waals surface area contributed by atoms with Crippen molar-refractivity contribution in [2.24, 2.45) is 0 Å². The van der Waals surface area contributed by atoms with E-state index in [0.29, 0.717) is 10.4 Å². The van der Waals surface area contributed by atoms with Gasteiger partial charge in [-0.3, -0.25) is 0 Å². The summed E-state index contributed by atoms with van der Waals surface area (Å²) in [5.74, 6) is 0.374. The predicted octanol–water partition coefficient (Wildman–Crippen LogP) is 2.26. The maximum absolute atomic E-state index is 12.4. The third-order valence-electron chi connectivity index (χ3n) is 2.76. The van der Waals surface area contributed by atoms with Gasteiger partial charge in [-0.1, -0.05) is 18.2 Å². The standard InChI is InChI=1S/C13H14F3N3O2/c1-9-4-2-3-5-11(9)21-6-10(20)12-17-8-18-19(12)7-13(14,15)16/h2-5,8,10,20H,6-7H2,1H3/t10-/m0/s1. The molecule has 8 heteroatoms. The van der Waals surface area contributed by atoms with E-state index in [9.17, 15) is 18.3 Å². The third-order valence-corrected chi connectivity index (χ3v) is 2.76. The number of nitrogens with zero attached hydrogens (tertiary/aromatic N) is 3. The van der Waals surface area contributed by atoms with Crippen molar-refractivity contribution in [1.29, 1.82) is 0 Å². The molecule has 0 saturated carbocycles. The number of hydrogen-bond donors (Lipinski definition) is 1. The Morgan fingerprint density at radius 3 is 2.71 bits per heavy atom. The molecule has 0 aliphatic rings. The molecule has 1 atom stereocenters. The van der Waals surface area contributed by atoms with Crippen molar-refractivity contribution in [3.8, 4) is 5.75 Å². The van der Waals surface area contributed by atoms with Crippen LogP contribution in [0.1, 0.15) is 17.5 Å². The average molecular weight is 301 g/mol. The Morgan fingerprint density at radius 1 is 1.33 bits per heavy atom. The summed E-state index contributed by atoms with van der Waals surface area (Å²) in [6, 6.07) is 7.13. The summed E-state index contributed by atoms with van der Waals surface area (Å²) >= 11 is 0. The molecule has 1 aromatic carbocycles. The van der Waals surface area contributed by atoms with Crippen LogP contribution < -0.4 is 4.74 Å². The van der Waals surface area contributed by atoms with Crippen molar-refractivity contribution in [2.75, 3.05) is 6.61 Å². The van der Waals surface area contributed by atoms with Crippen molar-refractivity contribution < 1.29 is 23.0 Å². The maximum Gasteiger partial charge on any atom is 0.408 e. The molecule has 0 amide bonds. The van der Waals surface area contributed by atoms with Gasteiger partial charge in [-0.15, -0.1) is 0 Å². The lowest BCUT2D eigenvalue weighted by molar-refractivity contribution is -0.143. The Labute approximate surface area is 119 Å². The molecule has 0 aliphatic carbocycles. The van der Waals surface area contributed by atoms with Gasteiger partial charge in [0.15, 0.2) is 5.82 Å². The van der Waals surface area contributed by atoms with Gasteiger partial charge >= 0.3 is 6.18 Å². The molecule has 0 spiro atoms. The number of hydrogen-bond acceptors (Lipinski definition) is 4. The van der Waals surface area contributed by atoms with E-state index in [2.05, 4.69) is 10.1 Å². The zero-order chi connectivity index (χ0) is 15.5. The van der Waals surface area contributed by atoms with Crippen LogP contribution in [0.2, 0.25) is 0 Å². The van der Waals surface area contributed by atoms with Gasteiger partial charge in [-0.05, 0) is 18.6 Å². The van der Waals surface area contributed by atoms with Crippen LogP contribution in [0.15, 0.2) is 30.6 Å². The maximum atomic E-state index is 12.4. The van der Waals surface area contributed by atoms with Gasteiger partial charge in [0.05, 0.1) is 0 Å². The Hall–Kier alpha value is -2.09. The highest BCUT2D eigenvalue weighted by Crippen LogP contribution is 2.21. The molecule has 21 heavy (non-hydrogen) atoms. The monoisotopic (exact) mass is 301 g/mol. The summed E-state index contributed by atoms with van der Waals surface area (Å²) in [5, 5.41) is 13.4. The highest BCUT2D eigenvalue weighted by atomic mass is 19.4. The molecule has 0 aliphatic heterocycles. The molecule has 1 aromatic heterocycles. The van der Waals surface area contributed by atoms with Gasteiger partial charge in [0.1, 0.15) is 31.3 Å². The second kappa shape index (κ2) is 6.13. The zero-order valence-electron chi connectivity index (χ0n) is 11.2. The number of rotatable bonds is 5. The van der Waals surface area contributed by atoms with Crippen LogP contribution in [0.3, 0.4) is 0 Å². The van der Waals surface area contributed by atoms with Crippen LogP contribution in [0, 0.1) is 6.92 Å². The first-order chi connectivity index (χ1) is 9.87. The summed E-state index contributed by atoms with van der Waals surface area (Å²) in [6.45, 7) is 0.318. The predicted molar refractivity (Wildman–Crippen MR) is 67.7 cm³/mol. The van der Waals surface area contributed by atoms with Gasteiger partial charge in [-0.25, -0.2) is 9.67 Å². The molecule has 114 valence electrons. The fourth-order valence-corrected chi connectivity index (χ4v) is 1.78. The van der Waals surface area contributed by atoms with Crippen molar-refractivity contribution in [3.05, 3.63) is 42.0 Å². The SMILES string of the molecule is Cc1ccccc1OC[C@H](O)c1ncnn1CC(F)(F)F. The molecule has 0 fully saturated rings. The van der Waals surface area contributed by atoms with E-state index in [0.717, 1.165) is 11.9 Å². The lowest BCUT2D eigenvalue weighted by Gasteiger charge is -2.15. The molecular formula is C13H14F3N3O2. The zero-order valence-corrected chi connectivity index (χ0v) is 11.2. The van der Waals surface area contributed by atoms with Gasteiger partial charge in [0, 0.05) is 0 Å². The number of aliphatic hydroxyl groups is 1. The second-order valence-electron chi connectivity index (χ2n) is 4.48. The topological polar surface area (TPSA) is 60.2 Å². The minimum absolute atomic E-state index is 0.180. The fraction of sp³-hybridized carbons (Fsp3) is 0.385. The van der Waals surface area contributed by atoms with Crippen molar-refractivity contribution in [3.63, 3.8) is 0 Å². The average Bonchev–Trinajstić information content (AvgIpc) is 2.83. The molecule has 5 nitrogen and oxygen atoms in total. The number of aryl methyl sites for hydroxylation is 1. The van der Waals surface area contributed by atoms with E-state index in [1.54, 1.807) is 12.1 Å². The fourth-order valence-electron chi connectivity index (χ4n) is 1.78. The number of halogens is 3. The van der Waals surface area contributed by atoms with E-state index in [4.69, 9.17) is 4.74 Å². The largest absolute Gasteiger partial charge is 0.490 e. The van der Waals surface area contributed by atoms with E-state index in [1.807, 2.05) is 19.1 Å². The lowest BCUT2D eigenvalue weighted by atomic mass is 10.2. The first-order valence-electron chi connectivity index (χ1n) is 6.18. The summed E-state index contributed by atoms with van der Waals surface area (Å²) in [5.41, 5.74) is 0.862. The van der Waals surface area contributed by atoms with Gasteiger partial charge in [0.25, 0.3) is 0 Å². The number of para-hydroxylation sites is 1. The minimum Gasteiger partial charge on any atom is -0.490 e. The van der Waals surface area contributed by atoms with Crippen molar-refractivity contribution >= 4 is 0 Å². The summed E-state index contributed by atoms with van der Waals surface area (Å²) in [7, 11) is 0. The Bertz CT molecular complexity index is 598. The molecule has 0 unspecified atom stereocenters. The van der Waals surface area contributed by atoms with Crippen molar-refractivity contribution in [1.82, 2.24) is 14.8 Å². The molecule has 2 rings (SSSR count). The van der Waals surface area contributed by atoms with Crippen LogP contribution in [0.5, 0.6) is 5.75 Å². The first-order valence-corrected chi connectivity index (χ1v) is 6.18. The highest BCUT2D eigenvalue weighted by Gasteiger charge is 2.31. The van der Waals surface area contributed by atoms with Gasteiger partial charge < -0.3 is 9.84 Å². The summed E-state index contributed by atoms with van der Waals surface area (Å²) < 4.78 is 43.1. The molecule has 1 N–H and O–H groups in total. The molecule has 2 aromatic rings. The van der Waals surface area contributed by atoms with E-state index < -0.39 is 18.8 Å². The van der Waals surface area contributed by atoms with E-state index in [-0.39, 0.29) is 12.4 Å². The first kappa shape index (κ1) is 15.3. The number of benzene rings is 1. The van der Waals surface area contributed by atoms with E-state index in [1.165, 1.54) is 0 Å². The third kappa shape index (κ3) is 4.19. The van der Waals surface area contributed by atoms with Crippen LogP contribution in [0.25, 0.3) is 0 Å².